The fraction of sp³-hybridized carbons (Fsp3) is 0.308. The number of rotatable bonds is 5. The molecule has 1 aromatic carbocycles. The molecule has 1 heterocycles. The summed E-state index contributed by atoms with van der Waals surface area (Å²) < 4.78 is 12.6. The summed E-state index contributed by atoms with van der Waals surface area (Å²) >= 11 is 0. The summed E-state index contributed by atoms with van der Waals surface area (Å²) in [5, 5.41) is 9.05. The van der Waals surface area contributed by atoms with Gasteiger partial charge in [-0.25, -0.2) is 4.98 Å². The highest BCUT2D eigenvalue weighted by Gasteiger charge is 2.16. The van der Waals surface area contributed by atoms with Crippen LogP contribution in [0.15, 0.2) is 30.6 Å². The molecule has 0 saturated heterocycles. The van der Waals surface area contributed by atoms with E-state index < -0.39 is 0 Å². The van der Waals surface area contributed by atoms with E-state index in [0.717, 1.165) is 11.4 Å². The Morgan fingerprint density at radius 2 is 1.89 bits per heavy atom. The number of aromatic nitrogens is 2. The molecule has 0 aliphatic carbocycles. The van der Waals surface area contributed by atoms with Crippen LogP contribution in [0.1, 0.15) is 0 Å². The number of aliphatic hydroxyl groups is 1. The Morgan fingerprint density at radius 1 is 1.22 bits per heavy atom. The molecule has 0 spiro atoms. The second-order valence-corrected chi connectivity index (χ2v) is 3.71. The summed E-state index contributed by atoms with van der Waals surface area (Å²) in [6.07, 6.45) is 3.51. The Hall–Kier alpha value is -2.01. The molecular formula is C13H16N2O3. The lowest BCUT2D eigenvalue weighted by Crippen LogP contribution is -2.04. The van der Waals surface area contributed by atoms with Crippen molar-refractivity contribution in [3.8, 4) is 22.9 Å². The molecule has 0 aliphatic heterocycles. The van der Waals surface area contributed by atoms with Crippen LogP contribution in [-0.2, 0) is 6.54 Å². The van der Waals surface area contributed by atoms with Crippen molar-refractivity contribution < 1.29 is 14.6 Å². The van der Waals surface area contributed by atoms with Crippen LogP contribution in [0.4, 0.5) is 0 Å². The summed E-state index contributed by atoms with van der Waals surface area (Å²) in [4.78, 5) is 4.31. The third-order valence-corrected chi connectivity index (χ3v) is 2.71. The average molecular weight is 248 g/mol. The van der Waals surface area contributed by atoms with E-state index in [4.69, 9.17) is 14.6 Å². The van der Waals surface area contributed by atoms with E-state index in [1.54, 1.807) is 20.4 Å². The van der Waals surface area contributed by atoms with Crippen molar-refractivity contribution >= 4 is 0 Å². The number of aliphatic hydroxyl groups excluding tert-OH is 1. The monoisotopic (exact) mass is 248 g/mol. The van der Waals surface area contributed by atoms with Crippen LogP contribution < -0.4 is 9.47 Å². The standard InChI is InChI=1S/C13H16N2O3/c1-17-10-4-3-5-11(18-2)12(10)13-14-6-7-15(13)8-9-16/h3-7,16H,8-9H2,1-2H3. The molecule has 0 saturated carbocycles. The molecule has 0 fully saturated rings. The lowest BCUT2D eigenvalue weighted by Gasteiger charge is -2.13. The van der Waals surface area contributed by atoms with Crippen molar-refractivity contribution in [1.82, 2.24) is 9.55 Å². The SMILES string of the molecule is COc1cccc(OC)c1-c1nccn1CCO. The third-order valence-electron chi connectivity index (χ3n) is 2.71. The highest BCUT2D eigenvalue weighted by atomic mass is 16.5. The number of hydrogen-bond donors (Lipinski definition) is 1. The number of imidazole rings is 1. The molecule has 1 aromatic heterocycles. The van der Waals surface area contributed by atoms with Crippen molar-refractivity contribution in [1.29, 1.82) is 0 Å². The first-order chi connectivity index (χ1) is 8.81. The lowest BCUT2D eigenvalue weighted by atomic mass is 10.1. The van der Waals surface area contributed by atoms with Gasteiger partial charge in [0.2, 0.25) is 0 Å². The number of methoxy groups -OCH3 is 2. The maximum atomic E-state index is 9.05. The van der Waals surface area contributed by atoms with Crippen molar-refractivity contribution in [2.75, 3.05) is 20.8 Å². The van der Waals surface area contributed by atoms with Crippen molar-refractivity contribution in [3.63, 3.8) is 0 Å². The van der Waals surface area contributed by atoms with Gasteiger partial charge in [0, 0.05) is 18.9 Å². The van der Waals surface area contributed by atoms with E-state index in [2.05, 4.69) is 4.98 Å². The quantitative estimate of drug-likeness (QED) is 0.872. The summed E-state index contributed by atoms with van der Waals surface area (Å²) in [7, 11) is 3.22. The lowest BCUT2D eigenvalue weighted by molar-refractivity contribution is 0.276. The first-order valence-corrected chi connectivity index (χ1v) is 5.65. The molecule has 0 bridgehead atoms. The summed E-state index contributed by atoms with van der Waals surface area (Å²) in [6.45, 7) is 0.539. The van der Waals surface area contributed by atoms with Crippen LogP contribution >= 0.6 is 0 Å². The van der Waals surface area contributed by atoms with Crippen LogP contribution in [0.2, 0.25) is 0 Å². The molecule has 18 heavy (non-hydrogen) atoms. The summed E-state index contributed by atoms with van der Waals surface area (Å²) in [5.41, 5.74) is 0.793. The molecule has 2 aromatic rings. The summed E-state index contributed by atoms with van der Waals surface area (Å²) in [6, 6.07) is 5.58. The molecule has 0 aliphatic rings. The smallest absolute Gasteiger partial charge is 0.147 e. The molecule has 5 nitrogen and oxygen atoms in total. The largest absolute Gasteiger partial charge is 0.496 e. The molecular weight excluding hydrogens is 232 g/mol. The zero-order chi connectivity index (χ0) is 13.0. The van der Waals surface area contributed by atoms with Gasteiger partial charge < -0.3 is 19.1 Å². The van der Waals surface area contributed by atoms with Crippen LogP contribution in [0.25, 0.3) is 11.4 Å². The number of hydrogen-bond acceptors (Lipinski definition) is 4. The maximum Gasteiger partial charge on any atom is 0.147 e. The zero-order valence-corrected chi connectivity index (χ0v) is 10.5. The van der Waals surface area contributed by atoms with Gasteiger partial charge in [0.15, 0.2) is 0 Å². The number of ether oxygens (including phenoxy) is 2. The highest BCUT2D eigenvalue weighted by molar-refractivity contribution is 5.72. The fourth-order valence-electron chi connectivity index (χ4n) is 1.90. The Bertz CT molecular complexity index is 500. The Kier molecular flexibility index (Phi) is 3.84. The Labute approximate surface area is 106 Å². The first kappa shape index (κ1) is 12.4. The van der Waals surface area contributed by atoms with Gasteiger partial charge in [0.05, 0.1) is 20.8 Å². The Balaban J connectivity index is 2.57. The third kappa shape index (κ3) is 2.17. The van der Waals surface area contributed by atoms with Gasteiger partial charge in [-0.3, -0.25) is 0 Å². The molecule has 1 N–H and O–H groups in total. The minimum Gasteiger partial charge on any atom is -0.496 e. The van der Waals surface area contributed by atoms with E-state index in [1.165, 1.54) is 0 Å². The van der Waals surface area contributed by atoms with Gasteiger partial charge in [0.1, 0.15) is 22.9 Å². The molecule has 96 valence electrons. The maximum absolute atomic E-state index is 9.05. The topological polar surface area (TPSA) is 56.5 Å². The van der Waals surface area contributed by atoms with Gasteiger partial charge in [-0.2, -0.15) is 0 Å². The molecule has 0 amide bonds. The normalized spacial score (nSPS) is 10.4. The molecule has 0 radical (unpaired) electrons. The van der Waals surface area contributed by atoms with Gasteiger partial charge in [-0.1, -0.05) is 6.07 Å². The zero-order valence-electron chi connectivity index (χ0n) is 10.5. The Morgan fingerprint density at radius 3 is 2.44 bits per heavy atom. The van der Waals surface area contributed by atoms with E-state index >= 15 is 0 Å². The van der Waals surface area contributed by atoms with Gasteiger partial charge in [-0.15, -0.1) is 0 Å². The van der Waals surface area contributed by atoms with E-state index in [-0.39, 0.29) is 6.61 Å². The molecule has 0 atom stereocenters. The van der Waals surface area contributed by atoms with Crippen LogP contribution in [-0.4, -0.2) is 35.5 Å². The van der Waals surface area contributed by atoms with Crippen molar-refractivity contribution in [3.05, 3.63) is 30.6 Å². The van der Waals surface area contributed by atoms with E-state index in [9.17, 15) is 0 Å². The van der Waals surface area contributed by atoms with Crippen LogP contribution in [0, 0.1) is 0 Å². The first-order valence-electron chi connectivity index (χ1n) is 5.65. The number of benzene rings is 1. The van der Waals surface area contributed by atoms with E-state index in [1.807, 2.05) is 29.0 Å². The second-order valence-electron chi connectivity index (χ2n) is 3.71. The predicted octanol–water partition coefficient (Wildman–Crippen LogP) is 1.56. The molecule has 2 rings (SSSR count). The fourth-order valence-corrected chi connectivity index (χ4v) is 1.90. The van der Waals surface area contributed by atoms with Gasteiger partial charge in [-0.05, 0) is 12.1 Å². The predicted molar refractivity (Wildman–Crippen MR) is 67.9 cm³/mol. The van der Waals surface area contributed by atoms with Crippen molar-refractivity contribution in [2.24, 2.45) is 0 Å². The number of nitrogens with zero attached hydrogens (tertiary/aromatic N) is 2. The van der Waals surface area contributed by atoms with Crippen molar-refractivity contribution in [2.45, 2.75) is 6.54 Å². The van der Waals surface area contributed by atoms with E-state index in [0.29, 0.717) is 18.0 Å². The van der Waals surface area contributed by atoms with Gasteiger partial charge in [0.25, 0.3) is 0 Å². The highest BCUT2D eigenvalue weighted by Crippen LogP contribution is 2.37. The average Bonchev–Trinajstić information content (AvgIpc) is 2.86. The minimum absolute atomic E-state index is 0.0564. The van der Waals surface area contributed by atoms with Crippen LogP contribution in [0.5, 0.6) is 11.5 Å². The second kappa shape index (κ2) is 5.55. The van der Waals surface area contributed by atoms with Crippen LogP contribution in [0.3, 0.4) is 0 Å². The summed E-state index contributed by atoms with van der Waals surface area (Å²) in [5.74, 6) is 2.11. The van der Waals surface area contributed by atoms with Gasteiger partial charge >= 0.3 is 0 Å². The minimum atomic E-state index is 0.0564. The molecule has 5 heteroatoms. The molecule has 0 unspecified atom stereocenters.